The molecule has 0 saturated heterocycles. The first kappa shape index (κ1) is 12.1. The van der Waals surface area contributed by atoms with Crippen LogP contribution >= 0.6 is 28.3 Å². The van der Waals surface area contributed by atoms with Crippen LogP contribution in [0.1, 0.15) is 25.3 Å². The van der Waals surface area contributed by atoms with Crippen molar-refractivity contribution in [3.05, 3.63) is 29.8 Å². The van der Waals surface area contributed by atoms with Crippen molar-refractivity contribution >= 4 is 33.6 Å². The van der Waals surface area contributed by atoms with Gasteiger partial charge in [0.15, 0.2) is 0 Å². The van der Waals surface area contributed by atoms with Gasteiger partial charge in [-0.2, -0.15) is 0 Å². The highest BCUT2D eigenvalue weighted by molar-refractivity contribution is 8.13. The van der Waals surface area contributed by atoms with Crippen LogP contribution in [0.3, 0.4) is 0 Å². The Kier molecular flexibility index (Phi) is 4.50. The molecule has 0 heterocycles. The van der Waals surface area contributed by atoms with Crippen LogP contribution in [-0.4, -0.2) is 0 Å². The summed E-state index contributed by atoms with van der Waals surface area (Å²) >= 11 is 11.1. The quantitative estimate of drug-likeness (QED) is 0.728. The minimum absolute atomic E-state index is 0.515. The Morgan fingerprint density at radius 3 is 2.21 bits per heavy atom. The van der Waals surface area contributed by atoms with Crippen LogP contribution in [0.2, 0.25) is 0 Å². The molecule has 1 aromatic rings. The smallest absolute Gasteiger partial charge is 0.281 e. The van der Waals surface area contributed by atoms with Gasteiger partial charge in [0.2, 0.25) is 0 Å². The maximum Gasteiger partial charge on any atom is 0.281 e. The number of unbranched alkanes of at least 4 members (excludes halogenated alkanes) is 1. The highest BCUT2D eigenvalue weighted by Crippen LogP contribution is 2.55. The molecule has 4 heteroatoms. The fourth-order valence-corrected chi connectivity index (χ4v) is 2.39. The Balaban J connectivity index is 2.74. The van der Waals surface area contributed by atoms with E-state index in [-0.39, 0.29) is 0 Å². The van der Waals surface area contributed by atoms with Crippen molar-refractivity contribution in [1.82, 2.24) is 0 Å². The summed E-state index contributed by atoms with van der Waals surface area (Å²) in [6.07, 6.45) is 3.38. The van der Waals surface area contributed by atoms with E-state index in [2.05, 4.69) is 6.92 Å². The average Bonchev–Trinajstić information content (AvgIpc) is 2.14. The Morgan fingerprint density at radius 1 is 1.21 bits per heavy atom. The molecule has 0 unspecified atom stereocenters. The average molecular weight is 251 g/mol. The zero-order valence-corrected chi connectivity index (χ0v) is 10.4. The lowest BCUT2D eigenvalue weighted by Gasteiger charge is -2.03. The van der Waals surface area contributed by atoms with Crippen LogP contribution < -0.4 is 5.30 Å². The Labute approximate surface area is 94.4 Å². The van der Waals surface area contributed by atoms with E-state index < -0.39 is 5.85 Å². The zero-order chi connectivity index (χ0) is 10.6. The Bertz CT molecular complexity index is 328. The Hall–Kier alpha value is 0.0300. The van der Waals surface area contributed by atoms with E-state index in [1.54, 1.807) is 12.1 Å². The van der Waals surface area contributed by atoms with Crippen molar-refractivity contribution in [2.45, 2.75) is 26.2 Å². The van der Waals surface area contributed by atoms with E-state index in [0.717, 1.165) is 6.42 Å². The van der Waals surface area contributed by atoms with Gasteiger partial charge in [0.25, 0.3) is 5.85 Å². The molecule has 0 bridgehead atoms. The molecule has 0 radical (unpaired) electrons. The monoisotopic (exact) mass is 250 g/mol. The fraction of sp³-hybridized carbons (Fsp3) is 0.400. The van der Waals surface area contributed by atoms with Gasteiger partial charge in [0, 0.05) is 5.30 Å². The van der Waals surface area contributed by atoms with Crippen LogP contribution in [0, 0.1) is 0 Å². The molecule has 14 heavy (non-hydrogen) atoms. The molecule has 0 saturated carbocycles. The Morgan fingerprint density at radius 2 is 1.79 bits per heavy atom. The first-order valence-electron chi connectivity index (χ1n) is 4.63. The van der Waals surface area contributed by atoms with Crippen molar-refractivity contribution in [1.29, 1.82) is 0 Å². The van der Waals surface area contributed by atoms with Gasteiger partial charge in [-0.05, 0) is 53.0 Å². The summed E-state index contributed by atoms with van der Waals surface area (Å²) in [5, 5.41) is 0.515. The van der Waals surface area contributed by atoms with Gasteiger partial charge in [-0.3, -0.25) is 4.57 Å². The number of aryl methyl sites for hydroxylation is 1. The third-order valence-electron chi connectivity index (χ3n) is 2.06. The van der Waals surface area contributed by atoms with Crippen LogP contribution in [-0.2, 0) is 11.0 Å². The lowest BCUT2D eigenvalue weighted by Crippen LogP contribution is -1.97. The second-order valence-electron chi connectivity index (χ2n) is 3.23. The lowest BCUT2D eigenvalue weighted by molar-refractivity contribution is 0.597. The number of hydrogen-bond acceptors (Lipinski definition) is 1. The number of rotatable bonds is 4. The maximum absolute atomic E-state index is 11.3. The number of halogens is 2. The predicted molar refractivity (Wildman–Crippen MR) is 64.0 cm³/mol. The first-order chi connectivity index (χ1) is 6.54. The molecule has 1 aromatic carbocycles. The lowest BCUT2D eigenvalue weighted by atomic mass is 10.1. The molecule has 0 N–H and O–H groups in total. The molecule has 0 spiro atoms. The van der Waals surface area contributed by atoms with E-state index in [9.17, 15) is 4.57 Å². The molecular formula is C10H13Cl2OP. The minimum Gasteiger partial charge on any atom is -0.284 e. The van der Waals surface area contributed by atoms with Crippen LogP contribution in [0.15, 0.2) is 24.3 Å². The molecule has 78 valence electrons. The summed E-state index contributed by atoms with van der Waals surface area (Å²) in [5.41, 5.74) is 1.23. The second-order valence-corrected chi connectivity index (χ2v) is 8.05. The minimum atomic E-state index is -3.12. The third kappa shape index (κ3) is 3.65. The van der Waals surface area contributed by atoms with Crippen molar-refractivity contribution < 1.29 is 4.57 Å². The molecule has 0 aliphatic heterocycles. The summed E-state index contributed by atoms with van der Waals surface area (Å²) in [7, 11) is 0. The second kappa shape index (κ2) is 5.21. The first-order valence-corrected chi connectivity index (χ1v) is 8.14. The summed E-state index contributed by atoms with van der Waals surface area (Å²) < 4.78 is 11.3. The number of benzene rings is 1. The molecule has 1 nitrogen and oxygen atoms in total. The van der Waals surface area contributed by atoms with Crippen molar-refractivity contribution in [3.63, 3.8) is 0 Å². The third-order valence-corrected chi connectivity index (χ3v) is 4.13. The zero-order valence-electron chi connectivity index (χ0n) is 8.04. The van der Waals surface area contributed by atoms with E-state index in [1.807, 2.05) is 12.1 Å². The van der Waals surface area contributed by atoms with Crippen LogP contribution in [0.4, 0.5) is 0 Å². The van der Waals surface area contributed by atoms with Crippen molar-refractivity contribution in [3.8, 4) is 0 Å². The van der Waals surface area contributed by atoms with E-state index in [1.165, 1.54) is 18.4 Å². The van der Waals surface area contributed by atoms with Gasteiger partial charge in [-0.15, -0.1) is 0 Å². The van der Waals surface area contributed by atoms with E-state index in [4.69, 9.17) is 22.5 Å². The summed E-state index contributed by atoms with van der Waals surface area (Å²) in [5.74, 6) is -3.12. The summed E-state index contributed by atoms with van der Waals surface area (Å²) in [6.45, 7) is 2.15. The standard InChI is InChI=1S/C10H13Cl2OP/c1-2-3-4-9-5-7-10(8-6-9)14(11,12)13/h5-8H,2-4H2,1H3. The van der Waals surface area contributed by atoms with Crippen molar-refractivity contribution in [2.75, 3.05) is 0 Å². The molecule has 0 aliphatic carbocycles. The molecule has 0 atom stereocenters. The summed E-state index contributed by atoms with van der Waals surface area (Å²) in [4.78, 5) is 0. The normalized spacial score (nSPS) is 11.6. The van der Waals surface area contributed by atoms with Gasteiger partial charge >= 0.3 is 0 Å². The van der Waals surface area contributed by atoms with E-state index >= 15 is 0 Å². The fourth-order valence-electron chi connectivity index (χ4n) is 1.22. The molecule has 0 aliphatic rings. The number of hydrogen-bond donors (Lipinski definition) is 0. The van der Waals surface area contributed by atoms with E-state index in [0.29, 0.717) is 5.30 Å². The predicted octanol–water partition coefficient (Wildman–Crippen LogP) is 4.33. The molecular weight excluding hydrogens is 238 g/mol. The molecule has 0 amide bonds. The van der Waals surface area contributed by atoms with Gasteiger partial charge in [0.05, 0.1) is 0 Å². The van der Waals surface area contributed by atoms with Gasteiger partial charge in [-0.25, -0.2) is 0 Å². The SMILES string of the molecule is CCCCc1ccc(P(=O)(Cl)Cl)cc1. The topological polar surface area (TPSA) is 17.1 Å². The van der Waals surface area contributed by atoms with Gasteiger partial charge in [0.1, 0.15) is 0 Å². The van der Waals surface area contributed by atoms with Crippen LogP contribution in [0.5, 0.6) is 0 Å². The summed E-state index contributed by atoms with van der Waals surface area (Å²) in [6, 6.07) is 7.35. The van der Waals surface area contributed by atoms with Crippen LogP contribution in [0.25, 0.3) is 0 Å². The van der Waals surface area contributed by atoms with Crippen molar-refractivity contribution in [2.24, 2.45) is 0 Å². The molecule has 0 aromatic heterocycles. The largest absolute Gasteiger partial charge is 0.284 e. The molecule has 1 rings (SSSR count). The highest BCUT2D eigenvalue weighted by atomic mass is 35.9. The maximum atomic E-state index is 11.3. The molecule has 0 fully saturated rings. The van der Waals surface area contributed by atoms with Gasteiger partial charge in [-0.1, -0.05) is 25.5 Å². The van der Waals surface area contributed by atoms with Gasteiger partial charge < -0.3 is 0 Å². The highest BCUT2D eigenvalue weighted by Gasteiger charge is 2.16.